The Hall–Kier alpha value is -1.94. The van der Waals surface area contributed by atoms with Gasteiger partial charge < -0.3 is 4.57 Å². The molecule has 0 aliphatic heterocycles. The van der Waals surface area contributed by atoms with Gasteiger partial charge in [-0.25, -0.2) is 0 Å². The lowest BCUT2D eigenvalue weighted by Crippen LogP contribution is -2.20. The normalized spacial score (nSPS) is 10.9. The second-order valence-corrected chi connectivity index (χ2v) is 5.74. The Morgan fingerprint density at radius 3 is 2.70 bits per heavy atom. The molecule has 0 fully saturated rings. The Balaban J connectivity index is 2.06. The smallest absolute Gasteiger partial charge is 0.260 e. The number of aryl methyl sites for hydroxylation is 1. The van der Waals surface area contributed by atoms with Crippen LogP contribution in [0.4, 0.5) is 0 Å². The van der Waals surface area contributed by atoms with Crippen molar-refractivity contribution in [2.75, 3.05) is 0 Å². The molecule has 2 aromatic heterocycles. The highest BCUT2D eigenvalue weighted by atomic mass is 79.9. The first kappa shape index (κ1) is 13.1. The van der Waals surface area contributed by atoms with Gasteiger partial charge >= 0.3 is 0 Å². The van der Waals surface area contributed by atoms with Crippen LogP contribution in [0.3, 0.4) is 0 Å². The topological polar surface area (TPSA) is 34.9 Å². The van der Waals surface area contributed by atoms with Crippen LogP contribution in [0.15, 0.2) is 58.1 Å². The van der Waals surface area contributed by atoms with Crippen molar-refractivity contribution in [2.45, 2.75) is 13.5 Å². The van der Waals surface area contributed by atoms with Crippen molar-refractivity contribution in [3.8, 4) is 0 Å². The van der Waals surface area contributed by atoms with Crippen LogP contribution >= 0.6 is 15.9 Å². The average molecular weight is 329 g/mol. The SMILES string of the molecule is Cc1ccc(Cn2ccc3ncc(Br)cc3c2=O)cc1. The van der Waals surface area contributed by atoms with Crippen molar-refractivity contribution in [1.82, 2.24) is 9.55 Å². The molecule has 0 bridgehead atoms. The Morgan fingerprint density at radius 1 is 1.20 bits per heavy atom. The minimum absolute atomic E-state index is 0.0168. The molecule has 0 atom stereocenters. The minimum Gasteiger partial charge on any atom is -0.310 e. The average Bonchev–Trinajstić information content (AvgIpc) is 2.45. The summed E-state index contributed by atoms with van der Waals surface area (Å²) in [7, 11) is 0. The zero-order valence-corrected chi connectivity index (χ0v) is 12.6. The molecule has 0 aliphatic carbocycles. The van der Waals surface area contributed by atoms with Gasteiger partial charge in [0.05, 0.1) is 17.4 Å². The summed E-state index contributed by atoms with van der Waals surface area (Å²) >= 11 is 3.36. The van der Waals surface area contributed by atoms with E-state index in [1.165, 1.54) is 5.56 Å². The predicted octanol–water partition coefficient (Wildman–Crippen LogP) is 3.52. The maximum atomic E-state index is 12.5. The maximum Gasteiger partial charge on any atom is 0.260 e. The van der Waals surface area contributed by atoms with E-state index in [-0.39, 0.29) is 5.56 Å². The summed E-state index contributed by atoms with van der Waals surface area (Å²) in [6.07, 6.45) is 3.50. The second kappa shape index (κ2) is 5.21. The number of fused-ring (bicyclic) bond motifs is 1. The number of hydrogen-bond acceptors (Lipinski definition) is 2. The number of pyridine rings is 2. The highest BCUT2D eigenvalue weighted by Crippen LogP contribution is 2.14. The standard InChI is InChI=1S/C16H13BrN2O/c1-11-2-4-12(5-3-11)10-19-7-6-15-14(16(19)20)8-13(17)9-18-15/h2-9H,10H2,1H3. The molecule has 0 saturated carbocycles. The molecule has 3 nitrogen and oxygen atoms in total. The molecule has 0 radical (unpaired) electrons. The van der Waals surface area contributed by atoms with Crippen LogP contribution in [0.25, 0.3) is 10.9 Å². The Labute approximate surface area is 125 Å². The lowest BCUT2D eigenvalue weighted by Gasteiger charge is -2.07. The highest BCUT2D eigenvalue weighted by molar-refractivity contribution is 9.10. The van der Waals surface area contributed by atoms with Gasteiger partial charge in [0.1, 0.15) is 0 Å². The van der Waals surface area contributed by atoms with Crippen LogP contribution in [-0.4, -0.2) is 9.55 Å². The summed E-state index contributed by atoms with van der Waals surface area (Å²) in [5.74, 6) is 0. The maximum absolute atomic E-state index is 12.5. The summed E-state index contributed by atoms with van der Waals surface area (Å²) < 4.78 is 2.52. The van der Waals surface area contributed by atoms with Crippen LogP contribution in [0.2, 0.25) is 0 Å². The van der Waals surface area contributed by atoms with Crippen LogP contribution in [-0.2, 0) is 6.54 Å². The third-order valence-corrected chi connectivity index (χ3v) is 3.70. The summed E-state index contributed by atoms with van der Waals surface area (Å²) in [6, 6.07) is 11.9. The van der Waals surface area contributed by atoms with Crippen LogP contribution in [0, 0.1) is 6.92 Å². The molecule has 3 rings (SSSR count). The van der Waals surface area contributed by atoms with E-state index in [2.05, 4.69) is 40.0 Å². The molecule has 20 heavy (non-hydrogen) atoms. The van der Waals surface area contributed by atoms with Gasteiger partial charge in [-0.05, 0) is 40.5 Å². The molecule has 0 N–H and O–H groups in total. The van der Waals surface area contributed by atoms with E-state index in [0.717, 1.165) is 15.6 Å². The Bertz CT molecular complexity index is 822. The first-order chi connectivity index (χ1) is 9.63. The van der Waals surface area contributed by atoms with Gasteiger partial charge in [0.25, 0.3) is 5.56 Å². The van der Waals surface area contributed by atoms with Crippen molar-refractivity contribution < 1.29 is 0 Å². The molecule has 4 heteroatoms. The quantitative estimate of drug-likeness (QED) is 0.721. The monoisotopic (exact) mass is 328 g/mol. The molecule has 100 valence electrons. The first-order valence-corrected chi connectivity index (χ1v) is 7.13. The molecule has 0 spiro atoms. The second-order valence-electron chi connectivity index (χ2n) is 4.82. The van der Waals surface area contributed by atoms with Crippen molar-refractivity contribution in [3.05, 3.63) is 74.7 Å². The van der Waals surface area contributed by atoms with Crippen molar-refractivity contribution >= 4 is 26.8 Å². The van der Waals surface area contributed by atoms with Gasteiger partial charge in [-0.2, -0.15) is 0 Å². The van der Waals surface area contributed by atoms with Crippen molar-refractivity contribution in [2.24, 2.45) is 0 Å². The van der Waals surface area contributed by atoms with Gasteiger partial charge in [-0.15, -0.1) is 0 Å². The van der Waals surface area contributed by atoms with E-state index in [1.54, 1.807) is 17.0 Å². The zero-order valence-electron chi connectivity index (χ0n) is 11.0. The third kappa shape index (κ3) is 2.51. The molecule has 0 aliphatic rings. The van der Waals surface area contributed by atoms with E-state index in [1.807, 2.05) is 24.3 Å². The lowest BCUT2D eigenvalue weighted by atomic mass is 10.1. The molecule has 1 aromatic carbocycles. The third-order valence-electron chi connectivity index (χ3n) is 3.26. The number of benzene rings is 1. The van der Waals surface area contributed by atoms with E-state index in [9.17, 15) is 4.79 Å². The largest absolute Gasteiger partial charge is 0.310 e. The Morgan fingerprint density at radius 2 is 1.95 bits per heavy atom. The van der Waals surface area contributed by atoms with Crippen molar-refractivity contribution in [1.29, 1.82) is 0 Å². The van der Waals surface area contributed by atoms with Crippen molar-refractivity contribution in [3.63, 3.8) is 0 Å². The number of halogens is 1. The minimum atomic E-state index is -0.0168. The fraction of sp³-hybridized carbons (Fsp3) is 0.125. The molecule has 0 unspecified atom stereocenters. The summed E-state index contributed by atoms with van der Waals surface area (Å²) in [6.45, 7) is 2.62. The summed E-state index contributed by atoms with van der Waals surface area (Å²) in [5, 5.41) is 0.633. The van der Waals surface area contributed by atoms with E-state index in [0.29, 0.717) is 11.9 Å². The Kier molecular flexibility index (Phi) is 3.40. The van der Waals surface area contributed by atoms with Crippen LogP contribution in [0.1, 0.15) is 11.1 Å². The molecule has 3 aromatic rings. The van der Waals surface area contributed by atoms with E-state index in [4.69, 9.17) is 0 Å². The number of hydrogen-bond donors (Lipinski definition) is 0. The molecular formula is C16H13BrN2O. The first-order valence-electron chi connectivity index (χ1n) is 6.34. The van der Waals surface area contributed by atoms with Gasteiger partial charge in [0.2, 0.25) is 0 Å². The fourth-order valence-corrected chi connectivity index (χ4v) is 2.48. The number of rotatable bonds is 2. The van der Waals surface area contributed by atoms with E-state index < -0.39 is 0 Å². The van der Waals surface area contributed by atoms with E-state index >= 15 is 0 Å². The number of nitrogens with zero attached hydrogens (tertiary/aromatic N) is 2. The summed E-state index contributed by atoms with van der Waals surface area (Å²) in [5.41, 5.74) is 3.03. The van der Waals surface area contributed by atoms with Crippen LogP contribution < -0.4 is 5.56 Å². The highest BCUT2D eigenvalue weighted by Gasteiger charge is 2.05. The molecule has 0 amide bonds. The fourth-order valence-electron chi connectivity index (χ4n) is 2.15. The summed E-state index contributed by atoms with van der Waals surface area (Å²) in [4.78, 5) is 16.7. The van der Waals surface area contributed by atoms with Gasteiger partial charge in [0, 0.05) is 16.9 Å². The van der Waals surface area contributed by atoms with Crippen LogP contribution in [0.5, 0.6) is 0 Å². The van der Waals surface area contributed by atoms with Gasteiger partial charge in [-0.3, -0.25) is 9.78 Å². The van der Waals surface area contributed by atoms with Gasteiger partial charge in [0.15, 0.2) is 0 Å². The predicted molar refractivity (Wildman–Crippen MR) is 84.0 cm³/mol. The lowest BCUT2D eigenvalue weighted by molar-refractivity contribution is 0.767. The van der Waals surface area contributed by atoms with Gasteiger partial charge in [-0.1, -0.05) is 29.8 Å². The molecule has 2 heterocycles. The number of aromatic nitrogens is 2. The molecule has 0 saturated heterocycles. The zero-order chi connectivity index (χ0) is 14.1. The molecular weight excluding hydrogens is 316 g/mol.